The van der Waals surface area contributed by atoms with E-state index in [4.69, 9.17) is 49.6 Å². The molecule has 1 heterocycles. The van der Waals surface area contributed by atoms with E-state index in [2.05, 4.69) is 85.1 Å². The van der Waals surface area contributed by atoms with Crippen molar-refractivity contribution in [1.82, 2.24) is 16.2 Å². The maximum absolute atomic E-state index is 12.6. The molecular formula is C70H96N10O12S3. The molecule has 0 saturated carbocycles. The van der Waals surface area contributed by atoms with Gasteiger partial charge in [0, 0.05) is 76.8 Å². The van der Waals surface area contributed by atoms with Gasteiger partial charge in [0.15, 0.2) is 10.9 Å². The molecule has 0 bridgehead atoms. The van der Waals surface area contributed by atoms with Gasteiger partial charge in [-0.3, -0.25) is 20.4 Å². The van der Waals surface area contributed by atoms with Gasteiger partial charge in [-0.15, -0.1) is 0 Å². The van der Waals surface area contributed by atoms with Crippen molar-refractivity contribution in [2.24, 2.45) is 15.9 Å². The number of hydrazone groups is 1. The van der Waals surface area contributed by atoms with Crippen LogP contribution in [0.2, 0.25) is 0 Å². The number of carbonyl (C=O) groups excluding carboxylic acids is 2. The predicted molar refractivity (Wildman–Crippen MR) is 394 cm³/mol. The van der Waals surface area contributed by atoms with E-state index in [1.165, 1.54) is 24.3 Å². The Kier molecular flexibility index (Phi) is 33.5. The lowest BCUT2D eigenvalue weighted by atomic mass is 9.87. The second-order valence-electron chi connectivity index (χ2n) is 22.8. The lowest BCUT2D eigenvalue weighted by Gasteiger charge is -2.23. The zero-order valence-electron chi connectivity index (χ0n) is 57.3. The lowest BCUT2D eigenvalue weighted by molar-refractivity contribution is 0.0949. The van der Waals surface area contributed by atoms with Crippen molar-refractivity contribution in [1.29, 1.82) is 0 Å². The van der Waals surface area contributed by atoms with E-state index in [0.29, 0.717) is 27.4 Å². The van der Waals surface area contributed by atoms with Crippen LogP contribution in [-0.2, 0) is 0 Å². The number of hydrogen-bond acceptors (Lipinski definition) is 21. The fourth-order valence-electron chi connectivity index (χ4n) is 9.90. The molecule has 22 nitrogen and oxygen atoms in total. The molecule has 13 N–H and O–H groups in total. The Morgan fingerprint density at radius 2 is 1.06 bits per heavy atom. The van der Waals surface area contributed by atoms with Gasteiger partial charge in [0.25, 0.3) is 5.91 Å². The Balaban J connectivity index is 0.000000340. The first-order chi connectivity index (χ1) is 45.1. The molecule has 6 aromatic rings. The summed E-state index contributed by atoms with van der Waals surface area (Å²) in [4.78, 5) is 34.8. The number of phenols is 6. The zero-order valence-corrected chi connectivity index (χ0v) is 59.8. The van der Waals surface area contributed by atoms with Crippen LogP contribution >= 0.6 is 36.7 Å². The van der Waals surface area contributed by atoms with E-state index in [0.717, 1.165) is 102 Å². The molecular weight excluding hydrogens is 1270 g/mol. The molecule has 0 radical (unpaired) electrons. The fourth-order valence-corrected chi connectivity index (χ4v) is 10.5. The molecule has 0 fully saturated rings. The van der Waals surface area contributed by atoms with Gasteiger partial charge < -0.3 is 75.3 Å². The summed E-state index contributed by atoms with van der Waals surface area (Å²) < 4.78 is 16.3. The molecule has 516 valence electrons. The molecule has 0 saturated heterocycles. The number of aliphatic hydroxyl groups excluding tert-OH is 1. The number of aliphatic imine (C=N–C) groups is 1. The average Bonchev–Trinajstić information content (AvgIpc) is 1.71. The molecule has 0 spiro atoms. The number of benzene rings is 6. The van der Waals surface area contributed by atoms with Gasteiger partial charge in [-0.25, -0.2) is 5.84 Å². The number of aliphatic hydroxyl groups is 1. The minimum atomic E-state index is -0.589. The highest BCUT2D eigenvalue weighted by Crippen LogP contribution is 2.40. The monoisotopic (exact) mass is 1360 g/mol. The molecule has 1 amide bonds. The molecule has 6 aromatic carbocycles. The summed E-state index contributed by atoms with van der Waals surface area (Å²) >= 11 is 15.5. The number of nitrogens with one attached hydrogen (secondary N) is 4. The number of aromatic hydroxyl groups is 6. The summed E-state index contributed by atoms with van der Waals surface area (Å²) in [5, 5.41) is 80.3. The number of rotatable bonds is 23. The Morgan fingerprint density at radius 3 is 1.53 bits per heavy atom. The number of nitrogen functional groups attached to an aromatic ring is 1. The molecule has 1 aliphatic rings. The van der Waals surface area contributed by atoms with Crippen LogP contribution in [0.3, 0.4) is 0 Å². The van der Waals surface area contributed by atoms with Crippen molar-refractivity contribution >= 4 is 97.8 Å². The molecule has 7 rings (SSSR count). The highest BCUT2D eigenvalue weighted by atomic mass is 32.1. The Hall–Kier alpha value is -8.97. The van der Waals surface area contributed by atoms with Crippen LogP contribution in [0.15, 0.2) is 101 Å². The van der Waals surface area contributed by atoms with E-state index in [9.17, 15) is 40.2 Å². The highest BCUT2D eigenvalue weighted by molar-refractivity contribution is 7.80. The molecule has 1 atom stereocenters. The van der Waals surface area contributed by atoms with Crippen molar-refractivity contribution < 1.29 is 59.5 Å². The van der Waals surface area contributed by atoms with Gasteiger partial charge in [0.05, 0.1) is 78.5 Å². The maximum atomic E-state index is 12.6. The summed E-state index contributed by atoms with van der Waals surface area (Å²) in [6.45, 7) is 22.5. The molecule has 95 heavy (non-hydrogen) atoms. The number of Topliss-reactive ketones (excluding diaryl/α,β-unsaturated/α-hetero) is 1. The van der Waals surface area contributed by atoms with Gasteiger partial charge in [0.1, 0.15) is 56.7 Å². The topological polar surface area (TPSA) is 312 Å². The Morgan fingerprint density at radius 1 is 0.632 bits per heavy atom. The van der Waals surface area contributed by atoms with Crippen molar-refractivity contribution in [3.8, 4) is 51.7 Å². The Bertz CT molecular complexity index is 3640. The number of hydrazine groups is 1. The van der Waals surface area contributed by atoms with Gasteiger partial charge in [-0.05, 0) is 157 Å². The number of hydrogen-bond donors (Lipinski definition) is 12. The third-order valence-corrected chi connectivity index (χ3v) is 15.4. The smallest absolute Gasteiger partial charge is 0.268 e. The predicted octanol–water partition coefficient (Wildman–Crippen LogP) is 12.8. The maximum Gasteiger partial charge on any atom is 0.268 e. The second-order valence-corrected chi connectivity index (χ2v) is 23.8. The van der Waals surface area contributed by atoms with E-state index in [-0.39, 0.29) is 93.3 Å². The highest BCUT2D eigenvalue weighted by Gasteiger charge is 2.33. The van der Waals surface area contributed by atoms with Crippen LogP contribution in [0.1, 0.15) is 161 Å². The first kappa shape index (κ1) is 80.3. The van der Waals surface area contributed by atoms with Crippen molar-refractivity contribution in [2.45, 2.75) is 112 Å². The van der Waals surface area contributed by atoms with Crippen LogP contribution in [0, 0.1) is 0 Å². The van der Waals surface area contributed by atoms with E-state index in [1.807, 2.05) is 117 Å². The van der Waals surface area contributed by atoms with Crippen LogP contribution in [0.5, 0.6) is 51.7 Å². The minimum Gasteiger partial charge on any atom is -0.508 e. The lowest BCUT2D eigenvalue weighted by Crippen LogP contribution is -2.33. The third kappa shape index (κ3) is 22.9. The van der Waals surface area contributed by atoms with Gasteiger partial charge in [0.2, 0.25) is 0 Å². The van der Waals surface area contributed by atoms with E-state index in [1.54, 1.807) is 34.3 Å². The molecule has 1 aliphatic heterocycles. The number of nitrogens with two attached hydrogens (primary N) is 1. The van der Waals surface area contributed by atoms with Crippen LogP contribution in [0.4, 0.5) is 28.4 Å². The van der Waals surface area contributed by atoms with E-state index >= 15 is 0 Å². The number of thiocarbonyl (C=S) groups is 3. The second kappa shape index (κ2) is 39.7. The SMILES string of the molecule is CC(C)c1cc(C(=O)NN)c(O)cc1O.CCCN(C)c1cc(C2C(=S)NN=C2c2cc(C(C)C)c(O)cc2O)ccc1OC.CCCN(C)c1cc(N=C=S)ccc1OC.CCCN(C)c1cc(NC(=S)NCC(=O)c2cc(C(C)C)c(O)cc2O)ccc1OC.CCO. The number of methoxy groups -OCH3 is 3. The molecule has 1 unspecified atom stereocenters. The number of ketones is 1. The molecule has 0 aliphatic carbocycles. The number of ether oxygens (including phenoxy) is 3. The van der Waals surface area contributed by atoms with Gasteiger partial charge >= 0.3 is 0 Å². The number of phenolic OH excluding ortho intramolecular Hbond substituents is 6. The number of amides is 1. The third-order valence-electron chi connectivity index (χ3n) is 14.7. The largest absolute Gasteiger partial charge is 0.508 e. The zero-order chi connectivity index (χ0) is 71.4. The standard InChI is InChI=1S/C23H31N3O4S.C23H29N3O3S.C12H16N2OS.C10H14N2O3.C2H6O/c1-6-9-26(4)18-10-15(7-8-22(18)30-5)25-23(31)24-13-21(29)17-11-16(14(2)3)19(27)12-20(17)28;1-6-9-26(4)17-10-14(7-8-20(17)29-5)21-22(24-25-23(21)30)16-11-15(13(2)3)18(27)12-19(16)28;1-4-7-14(2)11-8-10(13-9-16)5-6-12(11)15-3;1-5(2)6-3-7(10(15)12-11)9(14)4-8(6)13;1-2-3/h7-8,10-12,14,27-28H,6,9,13H2,1-5H3,(H2,24,25,31);7-8,10-13,21,27-28H,6,9H2,1-5H3,(H,25,30);5-6,8H,4,7H2,1-3H3;3-5,13-14H,11H2,1-2H3,(H,12,15);3H,2H2,1H3. The molecule has 0 aromatic heterocycles. The number of carbonyl (C=O) groups is 2. The van der Waals surface area contributed by atoms with Crippen LogP contribution < -0.4 is 56.2 Å². The minimum absolute atomic E-state index is 0.0120. The average molecular weight is 1370 g/mol. The normalized spacial score (nSPS) is 11.9. The van der Waals surface area contributed by atoms with Crippen molar-refractivity contribution in [3.05, 3.63) is 130 Å². The van der Waals surface area contributed by atoms with Gasteiger partial charge in [-0.2, -0.15) is 10.1 Å². The first-order valence-corrected chi connectivity index (χ1v) is 32.3. The first-order valence-electron chi connectivity index (χ1n) is 31.1. The molecule has 25 heteroatoms. The summed E-state index contributed by atoms with van der Waals surface area (Å²) in [5.41, 5.74) is 13.6. The summed E-state index contributed by atoms with van der Waals surface area (Å²) in [7, 11) is 11.0. The number of nitrogens with zero attached hydrogens (tertiary/aromatic N) is 5. The number of anilines is 4. The summed E-state index contributed by atoms with van der Waals surface area (Å²) in [5.74, 6) is 5.73. The quantitative estimate of drug-likeness (QED) is 0.00708. The van der Waals surface area contributed by atoms with Gasteiger partial charge in [-0.1, -0.05) is 80.6 Å². The Labute approximate surface area is 575 Å². The fraction of sp³-hybridized carbons (Fsp3) is 0.400. The van der Waals surface area contributed by atoms with E-state index < -0.39 is 5.91 Å². The van der Waals surface area contributed by atoms with Crippen molar-refractivity contribution in [3.63, 3.8) is 0 Å². The number of isothiocyanates is 1. The summed E-state index contributed by atoms with van der Waals surface area (Å²) in [6, 6.07) is 25.8. The van der Waals surface area contributed by atoms with Crippen LogP contribution in [0.25, 0.3) is 0 Å². The van der Waals surface area contributed by atoms with Crippen LogP contribution in [-0.4, -0.2) is 144 Å². The van der Waals surface area contributed by atoms with Crippen molar-refractivity contribution in [2.75, 3.05) is 95.3 Å². The summed E-state index contributed by atoms with van der Waals surface area (Å²) in [6.07, 6.45) is 3.10.